The lowest BCUT2D eigenvalue weighted by Gasteiger charge is -2.45. The summed E-state index contributed by atoms with van der Waals surface area (Å²) in [5, 5.41) is 11.0. The number of pyridine rings is 3. The normalized spacial score (nSPS) is 16.8. The average Bonchev–Trinajstić information content (AvgIpc) is 2.96. The maximum absolute atomic E-state index is 15.2. The van der Waals surface area contributed by atoms with Crippen molar-refractivity contribution >= 4 is 39.9 Å². The summed E-state index contributed by atoms with van der Waals surface area (Å²) >= 11 is 6.83. The molecule has 0 aliphatic carbocycles. The van der Waals surface area contributed by atoms with E-state index in [2.05, 4.69) is 17.6 Å². The molecule has 1 amide bonds. The van der Waals surface area contributed by atoms with Gasteiger partial charge in [-0.2, -0.15) is 5.26 Å². The number of piperazine rings is 1. The van der Waals surface area contributed by atoms with E-state index in [1.165, 1.54) is 22.8 Å². The molecule has 4 aromatic rings. The van der Waals surface area contributed by atoms with Crippen molar-refractivity contribution in [2.24, 2.45) is 0 Å². The second kappa shape index (κ2) is 11.7. The summed E-state index contributed by atoms with van der Waals surface area (Å²) in [5.74, 6) is -0.897. The molecule has 1 fully saturated rings. The summed E-state index contributed by atoms with van der Waals surface area (Å²) < 4.78 is 16.6. The van der Waals surface area contributed by atoms with Crippen LogP contribution in [0.2, 0.25) is 5.02 Å². The fourth-order valence-electron chi connectivity index (χ4n) is 6.20. The van der Waals surface area contributed by atoms with Crippen LogP contribution in [-0.2, 0) is 4.79 Å². The van der Waals surface area contributed by atoms with E-state index in [0.717, 1.165) is 5.56 Å². The number of aryl methyl sites for hydroxylation is 1. The topological polar surface area (TPSA) is 121 Å². The standard InChI is InChI=1S/C33H33ClFN7O2/c1-7-26(43)41-19(5)15-40(16-20(41)6)31-21-13-23(34)29(27-24(35)9-8-10-25(27)37)39-32(21)42(33(44)22(31)14-36)30-18(4)11-12-38-28(30)17(2)3/h7-13,17,19-20H,1,15-16,37H2,2-6H3/t19-,20+. The van der Waals surface area contributed by atoms with Gasteiger partial charge in [0.05, 0.1) is 33.3 Å². The molecule has 0 radical (unpaired) electrons. The number of halogens is 2. The van der Waals surface area contributed by atoms with Crippen molar-refractivity contribution in [1.82, 2.24) is 19.4 Å². The number of hydrogen-bond donors (Lipinski definition) is 1. The lowest BCUT2D eigenvalue weighted by molar-refractivity contribution is -0.130. The Bertz CT molecular complexity index is 1900. The van der Waals surface area contributed by atoms with Gasteiger partial charge in [0.15, 0.2) is 0 Å². The minimum absolute atomic E-state index is 0.00935. The Labute approximate surface area is 260 Å². The van der Waals surface area contributed by atoms with Crippen LogP contribution in [0.3, 0.4) is 0 Å². The molecule has 44 heavy (non-hydrogen) atoms. The number of benzene rings is 1. The van der Waals surface area contributed by atoms with Gasteiger partial charge in [-0.25, -0.2) is 9.37 Å². The van der Waals surface area contributed by atoms with E-state index < -0.39 is 11.4 Å². The number of hydrogen-bond acceptors (Lipinski definition) is 7. The Morgan fingerprint density at radius 3 is 2.50 bits per heavy atom. The Morgan fingerprint density at radius 1 is 1.23 bits per heavy atom. The molecule has 9 nitrogen and oxygen atoms in total. The molecule has 1 saturated heterocycles. The highest BCUT2D eigenvalue weighted by Gasteiger charge is 2.35. The molecule has 2 atom stereocenters. The molecule has 226 valence electrons. The number of nitriles is 1. The number of rotatable bonds is 5. The quantitative estimate of drug-likeness (QED) is 0.225. The van der Waals surface area contributed by atoms with Crippen molar-refractivity contribution in [1.29, 1.82) is 5.26 Å². The zero-order valence-corrected chi connectivity index (χ0v) is 26.0. The van der Waals surface area contributed by atoms with Crippen LogP contribution in [0.15, 0.2) is 54.0 Å². The number of amides is 1. The minimum atomic E-state index is -0.618. The Kier molecular flexibility index (Phi) is 8.19. The number of nitrogens with two attached hydrogens (primary N) is 1. The summed E-state index contributed by atoms with van der Waals surface area (Å²) in [6, 6.07) is 9.31. The van der Waals surface area contributed by atoms with Crippen LogP contribution in [0.25, 0.3) is 28.0 Å². The van der Waals surface area contributed by atoms with E-state index in [9.17, 15) is 14.9 Å². The molecule has 4 heterocycles. The van der Waals surface area contributed by atoms with Crippen molar-refractivity contribution in [3.8, 4) is 23.0 Å². The van der Waals surface area contributed by atoms with Crippen LogP contribution in [0.1, 0.15) is 50.4 Å². The first-order chi connectivity index (χ1) is 20.9. The molecule has 0 saturated carbocycles. The van der Waals surface area contributed by atoms with Crippen LogP contribution in [-0.4, -0.2) is 50.5 Å². The van der Waals surface area contributed by atoms with Crippen LogP contribution in [0, 0.1) is 24.1 Å². The number of nitrogen functional groups attached to an aromatic ring is 1. The molecule has 0 bridgehead atoms. The molecule has 2 N–H and O–H groups in total. The van der Waals surface area contributed by atoms with Crippen molar-refractivity contribution in [3.05, 3.63) is 87.2 Å². The highest BCUT2D eigenvalue weighted by molar-refractivity contribution is 6.34. The zero-order valence-electron chi connectivity index (χ0n) is 25.2. The lowest BCUT2D eigenvalue weighted by Crippen LogP contribution is -2.58. The molecule has 5 rings (SSSR count). The minimum Gasteiger partial charge on any atom is -0.398 e. The van der Waals surface area contributed by atoms with Gasteiger partial charge in [0.2, 0.25) is 5.91 Å². The van der Waals surface area contributed by atoms with Crippen molar-refractivity contribution in [2.45, 2.75) is 52.6 Å². The smallest absolute Gasteiger partial charge is 0.276 e. The third kappa shape index (κ3) is 4.97. The Balaban J connectivity index is 1.92. The average molecular weight is 614 g/mol. The monoisotopic (exact) mass is 613 g/mol. The Hall–Kier alpha value is -4.75. The van der Waals surface area contributed by atoms with Crippen molar-refractivity contribution < 1.29 is 9.18 Å². The maximum Gasteiger partial charge on any atom is 0.276 e. The maximum atomic E-state index is 15.2. The summed E-state index contributed by atoms with van der Waals surface area (Å²) in [4.78, 5) is 40.2. The van der Waals surface area contributed by atoms with Gasteiger partial charge in [-0.15, -0.1) is 0 Å². The first kappa shape index (κ1) is 30.7. The first-order valence-corrected chi connectivity index (χ1v) is 14.7. The molecule has 3 aromatic heterocycles. The van der Waals surface area contributed by atoms with Crippen LogP contribution >= 0.6 is 11.6 Å². The van der Waals surface area contributed by atoms with Gasteiger partial charge >= 0.3 is 0 Å². The van der Waals surface area contributed by atoms with Gasteiger partial charge < -0.3 is 15.5 Å². The largest absolute Gasteiger partial charge is 0.398 e. The lowest BCUT2D eigenvalue weighted by atomic mass is 10.0. The SMILES string of the molecule is C=CC(=O)N1[C@H](C)CN(c2c(C#N)c(=O)n(-c3c(C)ccnc3C(C)C)c3nc(-c4c(N)cccc4F)c(Cl)cc23)C[C@@H]1C. The molecular weight excluding hydrogens is 581 g/mol. The molecule has 0 spiro atoms. The highest BCUT2D eigenvalue weighted by atomic mass is 35.5. The van der Waals surface area contributed by atoms with E-state index in [-0.39, 0.29) is 57.1 Å². The van der Waals surface area contributed by atoms with Gasteiger partial charge in [-0.05, 0) is 62.6 Å². The van der Waals surface area contributed by atoms with Gasteiger partial charge in [0, 0.05) is 42.4 Å². The van der Waals surface area contributed by atoms with Crippen molar-refractivity contribution in [2.75, 3.05) is 23.7 Å². The van der Waals surface area contributed by atoms with E-state index in [0.29, 0.717) is 35.5 Å². The highest BCUT2D eigenvalue weighted by Crippen LogP contribution is 2.40. The summed E-state index contributed by atoms with van der Waals surface area (Å²) in [6.45, 7) is 13.9. The number of nitrogens with zero attached hydrogens (tertiary/aromatic N) is 6. The number of carbonyl (C=O) groups is 1. The molecule has 1 aliphatic rings. The molecule has 0 unspecified atom stereocenters. The fourth-order valence-corrected chi connectivity index (χ4v) is 6.45. The predicted octanol–water partition coefficient (Wildman–Crippen LogP) is 5.74. The van der Waals surface area contributed by atoms with E-state index in [1.807, 2.05) is 39.5 Å². The molecule has 1 aromatic carbocycles. The van der Waals surface area contributed by atoms with Gasteiger partial charge in [0.1, 0.15) is 23.1 Å². The predicted molar refractivity (Wildman–Crippen MR) is 172 cm³/mol. The van der Waals surface area contributed by atoms with Crippen LogP contribution < -0.4 is 16.2 Å². The third-order valence-corrected chi connectivity index (χ3v) is 8.35. The molecule has 11 heteroatoms. The van der Waals surface area contributed by atoms with E-state index in [1.54, 1.807) is 29.3 Å². The van der Waals surface area contributed by atoms with Crippen LogP contribution in [0.5, 0.6) is 0 Å². The summed E-state index contributed by atoms with van der Waals surface area (Å²) in [7, 11) is 0. The zero-order chi connectivity index (χ0) is 32.0. The van der Waals surface area contributed by atoms with Gasteiger partial charge in [0.25, 0.3) is 5.56 Å². The second-order valence-corrected chi connectivity index (χ2v) is 11.8. The first-order valence-electron chi connectivity index (χ1n) is 14.3. The fraction of sp³-hybridized carbons (Fsp3) is 0.303. The summed E-state index contributed by atoms with van der Waals surface area (Å²) in [6.07, 6.45) is 2.95. The van der Waals surface area contributed by atoms with Crippen molar-refractivity contribution in [3.63, 3.8) is 0 Å². The van der Waals surface area contributed by atoms with Crippen LogP contribution in [0.4, 0.5) is 15.8 Å². The third-order valence-electron chi connectivity index (χ3n) is 8.06. The van der Waals surface area contributed by atoms with Gasteiger partial charge in [-0.1, -0.05) is 38.1 Å². The van der Waals surface area contributed by atoms with Gasteiger partial charge in [-0.3, -0.25) is 19.1 Å². The van der Waals surface area contributed by atoms with E-state index >= 15 is 4.39 Å². The number of carbonyl (C=O) groups excluding carboxylic acids is 1. The molecule has 1 aliphatic heterocycles. The summed E-state index contributed by atoms with van der Waals surface area (Å²) in [5.41, 5.74) is 8.09. The van der Waals surface area contributed by atoms with E-state index in [4.69, 9.17) is 22.3 Å². The second-order valence-electron chi connectivity index (χ2n) is 11.4. The number of anilines is 2. The number of fused-ring (bicyclic) bond motifs is 1. The molecular formula is C33H33ClFN7O2. The number of aromatic nitrogens is 3. The Morgan fingerprint density at radius 2 is 1.91 bits per heavy atom.